The van der Waals surface area contributed by atoms with Crippen LogP contribution in [0.1, 0.15) is 12.8 Å². The van der Waals surface area contributed by atoms with Gasteiger partial charge in [-0.15, -0.1) is 5.10 Å². The third-order valence-corrected chi connectivity index (χ3v) is 7.20. The fourth-order valence-corrected chi connectivity index (χ4v) is 5.43. The van der Waals surface area contributed by atoms with E-state index in [1.54, 1.807) is 18.3 Å². The van der Waals surface area contributed by atoms with Gasteiger partial charge >= 0.3 is 0 Å². The Bertz CT molecular complexity index is 1150. The summed E-state index contributed by atoms with van der Waals surface area (Å²) in [6, 6.07) is 9.13. The van der Waals surface area contributed by atoms with Gasteiger partial charge in [0, 0.05) is 49.1 Å². The van der Waals surface area contributed by atoms with Crippen molar-refractivity contribution in [1.29, 1.82) is 0 Å². The summed E-state index contributed by atoms with van der Waals surface area (Å²) < 4.78 is 24.7. The molecule has 0 saturated carbocycles. The lowest BCUT2D eigenvalue weighted by Crippen LogP contribution is -2.51. The van der Waals surface area contributed by atoms with Crippen LogP contribution in [0.3, 0.4) is 0 Å². The molecule has 2 saturated heterocycles. The molecule has 2 fully saturated rings. The van der Waals surface area contributed by atoms with E-state index in [-0.39, 0.29) is 4.90 Å². The topological polar surface area (TPSA) is 108 Å². The zero-order valence-electron chi connectivity index (χ0n) is 17.4. The molecule has 0 unspecified atom stereocenters. The van der Waals surface area contributed by atoms with Gasteiger partial charge in [0.1, 0.15) is 5.82 Å². The molecule has 3 aromatic rings. The molecule has 0 bridgehead atoms. The maximum absolute atomic E-state index is 12.4. The van der Waals surface area contributed by atoms with Crippen molar-refractivity contribution in [2.24, 2.45) is 5.92 Å². The minimum Gasteiger partial charge on any atom is -0.356 e. The number of benzene rings is 1. The van der Waals surface area contributed by atoms with Gasteiger partial charge in [0.05, 0.1) is 4.90 Å². The van der Waals surface area contributed by atoms with E-state index < -0.39 is 9.84 Å². The summed E-state index contributed by atoms with van der Waals surface area (Å²) in [6.45, 7) is 5.71. The maximum Gasteiger partial charge on any atom is 0.181 e. The number of nitrogens with zero attached hydrogens (tertiary/aromatic N) is 6. The first-order chi connectivity index (χ1) is 15.0. The molecule has 9 nitrogen and oxygen atoms in total. The third-order valence-electron chi connectivity index (χ3n) is 6.06. The van der Waals surface area contributed by atoms with E-state index in [0.717, 1.165) is 30.0 Å². The molecule has 0 amide bonds. The molecule has 0 spiro atoms. The highest BCUT2D eigenvalue weighted by molar-refractivity contribution is 7.90. The Balaban J connectivity index is 1.38. The molecule has 31 heavy (non-hydrogen) atoms. The Labute approximate surface area is 181 Å². The molecule has 2 aliphatic rings. The second-order valence-corrected chi connectivity index (χ2v) is 10.4. The fourth-order valence-electron chi connectivity index (χ4n) is 4.53. The van der Waals surface area contributed by atoms with Crippen LogP contribution >= 0.6 is 0 Å². The molecule has 1 N–H and O–H groups in total. The van der Waals surface area contributed by atoms with E-state index in [0.29, 0.717) is 17.3 Å². The van der Waals surface area contributed by atoms with Gasteiger partial charge in [0.15, 0.2) is 15.7 Å². The van der Waals surface area contributed by atoms with Crippen molar-refractivity contribution in [2.75, 3.05) is 43.9 Å². The van der Waals surface area contributed by atoms with Crippen molar-refractivity contribution >= 4 is 15.7 Å². The van der Waals surface area contributed by atoms with Crippen molar-refractivity contribution in [3.8, 4) is 22.5 Å². The lowest BCUT2D eigenvalue weighted by molar-refractivity contribution is 0.247. The standard InChI is InChI=1S/C21H25N7O2S/c1-31(29,30)18-6-4-5-17(20(18)21-23-25-26-24-21)16-7-8-19(22-11-16)28-13-15(14-28)12-27-9-2-3-10-27/h4-8,11,15H,2-3,9-10,12-14H2,1H3,(H,23,24,25,26). The van der Waals surface area contributed by atoms with Gasteiger partial charge in [0.2, 0.25) is 0 Å². The van der Waals surface area contributed by atoms with E-state index in [1.807, 2.05) is 18.2 Å². The van der Waals surface area contributed by atoms with Crippen molar-refractivity contribution in [1.82, 2.24) is 30.5 Å². The second-order valence-electron chi connectivity index (χ2n) is 8.38. The number of aromatic amines is 1. The predicted molar refractivity (Wildman–Crippen MR) is 117 cm³/mol. The van der Waals surface area contributed by atoms with Gasteiger partial charge in [-0.25, -0.2) is 18.5 Å². The molecule has 5 rings (SSSR count). The van der Waals surface area contributed by atoms with Crippen LogP contribution in [-0.2, 0) is 9.84 Å². The van der Waals surface area contributed by atoms with Crippen molar-refractivity contribution in [3.63, 3.8) is 0 Å². The number of anilines is 1. The van der Waals surface area contributed by atoms with Crippen molar-refractivity contribution in [2.45, 2.75) is 17.7 Å². The molecule has 162 valence electrons. The van der Waals surface area contributed by atoms with Crippen LogP contribution in [0.4, 0.5) is 5.82 Å². The second kappa shape index (κ2) is 8.01. The van der Waals surface area contributed by atoms with E-state index in [4.69, 9.17) is 0 Å². The number of likely N-dealkylation sites (tertiary alicyclic amines) is 1. The van der Waals surface area contributed by atoms with Gasteiger partial charge in [-0.05, 0) is 60.1 Å². The highest BCUT2D eigenvalue weighted by Crippen LogP contribution is 2.35. The van der Waals surface area contributed by atoms with Gasteiger partial charge in [-0.2, -0.15) is 0 Å². The largest absolute Gasteiger partial charge is 0.356 e. The zero-order valence-corrected chi connectivity index (χ0v) is 18.2. The van der Waals surface area contributed by atoms with E-state index in [1.165, 1.54) is 38.7 Å². The number of hydrogen-bond donors (Lipinski definition) is 1. The molecule has 0 radical (unpaired) electrons. The fraction of sp³-hybridized carbons (Fsp3) is 0.429. The Morgan fingerprint density at radius 1 is 1.13 bits per heavy atom. The molecule has 10 heteroatoms. The summed E-state index contributed by atoms with van der Waals surface area (Å²) in [7, 11) is -3.47. The van der Waals surface area contributed by atoms with Crippen LogP contribution in [0.5, 0.6) is 0 Å². The molecular weight excluding hydrogens is 414 g/mol. The summed E-state index contributed by atoms with van der Waals surface area (Å²) >= 11 is 0. The third kappa shape index (κ3) is 4.05. The van der Waals surface area contributed by atoms with Crippen LogP contribution in [0.25, 0.3) is 22.5 Å². The predicted octanol–water partition coefficient (Wildman–Crippen LogP) is 1.86. The quantitative estimate of drug-likeness (QED) is 0.620. The van der Waals surface area contributed by atoms with Gasteiger partial charge in [-0.1, -0.05) is 12.1 Å². The molecular formula is C21H25N7O2S. The summed E-state index contributed by atoms with van der Waals surface area (Å²) in [6.07, 6.45) is 5.62. The monoisotopic (exact) mass is 439 g/mol. The lowest BCUT2D eigenvalue weighted by atomic mass is 9.98. The molecule has 0 aliphatic carbocycles. The summed E-state index contributed by atoms with van der Waals surface area (Å²) in [5.41, 5.74) is 1.99. The van der Waals surface area contributed by atoms with E-state index in [2.05, 4.69) is 35.4 Å². The first-order valence-electron chi connectivity index (χ1n) is 10.5. The summed E-state index contributed by atoms with van der Waals surface area (Å²) in [5, 5.41) is 13.9. The number of nitrogens with one attached hydrogen (secondary N) is 1. The Morgan fingerprint density at radius 3 is 2.58 bits per heavy atom. The van der Waals surface area contributed by atoms with Crippen LogP contribution in [-0.4, -0.2) is 77.9 Å². The highest BCUT2D eigenvalue weighted by atomic mass is 32.2. The van der Waals surface area contributed by atoms with Crippen molar-refractivity contribution in [3.05, 3.63) is 36.5 Å². The van der Waals surface area contributed by atoms with Crippen LogP contribution in [0.15, 0.2) is 41.4 Å². The Morgan fingerprint density at radius 2 is 1.94 bits per heavy atom. The Hall–Kier alpha value is -2.85. The lowest BCUT2D eigenvalue weighted by Gasteiger charge is -2.41. The smallest absolute Gasteiger partial charge is 0.181 e. The number of rotatable bonds is 6. The van der Waals surface area contributed by atoms with Gasteiger partial charge in [0.25, 0.3) is 0 Å². The average molecular weight is 440 g/mol. The summed E-state index contributed by atoms with van der Waals surface area (Å²) in [4.78, 5) is 9.69. The molecule has 2 aromatic heterocycles. The van der Waals surface area contributed by atoms with Crippen LogP contribution in [0.2, 0.25) is 0 Å². The SMILES string of the molecule is CS(=O)(=O)c1cccc(-c2ccc(N3CC(CN4CCCC4)C3)nc2)c1-c1nnn[nH]1. The molecule has 4 heterocycles. The minimum atomic E-state index is -3.47. The first-order valence-corrected chi connectivity index (χ1v) is 12.4. The minimum absolute atomic E-state index is 0.181. The molecule has 1 aromatic carbocycles. The van der Waals surface area contributed by atoms with Gasteiger partial charge in [-0.3, -0.25) is 0 Å². The van der Waals surface area contributed by atoms with E-state index >= 15 is 0 Å². The number of hydrogen-bond acceptors (Lipinski definition) is 8. The van der Waals surface area contributed by atoms with Gasteiger partial charge < -0.3 is 9.80 Å². The Kier molecular flexibility index (Phi) is 5.19. The first kappa shape index (κ1) is 20.1. The van der Waals surface area contributed by atoms with Crippen molar-refractivity contribution < 1.29 is 8.42 Å². The van der Waals surface area contributed by atoms with E-state index in [9.17, 15) is 8.42 Å². The number of tetrazole rings is 1. The molecule has 0 atom stereocenters. The van der Waals surface area contributed by atoms with Crippen LogP contribution in [0, 0.1) is 5.92 Å². The zero-order chi connectivity index (χ0) is 21.4. The number of H-pyrrole nitrogens is 1. The normalized spacial score (nSPS) is 17.8. The number of aromatic nitrogens is 5. The number of pyridine rings is 1. The highest BCUT2D eigenvalue weighted by Gasteiger charge is 2.30. The maximum atomic E-state index is 12.4. The number of sulfone groups is 1. The average Bonchev–Trinajstić information content (AvgIpc) is 3.43. The van der Waals surface area contributed by atoms with Crippen LogP contribution < -0.4 is 4.90 Å². The molecule has 2 aliphatic heterocycles. The summed E-state index contributed by atoms with van der Waals surface area (Å²) in [5.74, 6) is 1.97.